The van der Waals surface area contributed by atoms with E-state index in [1.165, 1.54) is 16.5 Å². The molecule has 0 aliphatic carbocycles. The van der Waals surface area contributed by atoms with E-state index in [4.69, 9.17) is 4.74 Å². The van der Waals surface area contributed by atoms with Crippen molar-refractivity contribution in [2.24, 2.45) is 0 Å². The van der Waals surface area contributed by atoms with Crippen molar-refractivity contribution in [3.8, 4) is 5.75 Å². The number of hydrogen-bond donors (Lipinski definition) is 0. The lowest BCUT2D eigenvalue weighted by molar-refractivity contribution is 0.419. The molecule has 0 aromatic heterocycles. The third-order valence-corrected chi connectivity index (χ3v) is 3.96. The maximum atomic E-state index is 5.65. The van der Waals surface area contributed by atoms with Gasteiger partial charge in [-0.25, -0.2) is 0 Å². The highest BCUT2D eigenvalue weighted by molar-refractivity contribution is 5.93. The summed E-state index contributed by atoms with van der Waals surface area (Å²) in [5.41, 5.74) is 3.64. The number of hydrogen-bond acceptors (Lipinski definition) is 1. The highest BCUT2D eigenvalue weighted by Gasteiger charge is 2.05. The largest absolute Gasteiger partial charge is 0.495 e. The molecule has 1 nitrogen and oxygen atoms in total. The van der Waals surface area contributed by atoms with Crippen molar-refractivity contribution >= 4 is 22.9 Å². The van der Waals surface area contributed by atoms with Crippen molar-refractivity contribution in [3.05, 3.63) is 83.8 Å². The van der Waals surface area contributed by atoms with Crippen LogP contribution in [0.5, 0.6) is 5.75 Å². The smallest absolute Gasteiger partial charge is 0.133 e. The number of rotatable bonds is 5. The molecule has 0 fully saturated rings. The van der Waals surface area contributed by atoms with Crippen molar-refractivity contribution < 1.29 is 4.74 Å². The van der Waals surface area contributed by atoms with Gasteiger partial charge < -0.3 is 4.74 Å². The van der Waals surface area contributed by atoms with Crippen LogP contribution in [0, 0.1) is 6.42 Å². The molecule has 0 aliphatic rings. The Morgan fingerprint density at radius 3 is 2.61 bits per heavy atom. The van der Waals surface area contributed by atoms with Crippen LogP contribution in [0.25, 0.3) is 22.9 Å². The van der Waals surface area contributed by atoms with Gasteiger partial charge in [-0.1, -0.05) is 79.7 Å². The van der Waals surface area contributed by atoms with Gasteiger partial charge in [0.25, 0.3) is 0 Å². The monoisotopic (exact) mass is 301 g/mol. The van der Waals surface area contributed by atoms with E-state index in [1.54, 1.807) is 7.11 Å². The number of ether oxygens (including phenoxy) is 1. The minimum Gasteiger partial charge on any atom is -0.495 e. The summed E-state index contributed by atoms with van der Waals surface area (Å²) in [5.74, 6) is 0.928. The van der Waals surface area contributed by atoms with Gasteiger partial charge in [-0.2, -0.15) is 0 Å². The molecule has 23 heavy (non-hydrogen) atoms. The molecular weight excluding hydrogens is 280 g/mol. The molecule has 0 atom stereocenters. The van der Waals surface area contributed by atoms with E-state index in [-0.39, 0.29) is 0 Å². The normalized spacial score (nSPS) is 11.2. The Bertz CT molecular complexity index is 830. The molecule has 0 aliphatic heterocycles. The summed E-state index contributed by atoms with van der Waals surface area (Å²) in [7, 11) is 1.73. The van der Waals surface area contributed by atoms with Crippen molar-refractivity contribution in [2.75, 3.05) is 7.11 Å². The first kappa shape index (κ1) is 15.4. The maximum absolute atomic E-state index is 5.65. The predicted molar refractivity (Wildman–Crippen MR) is 99.5 cm³/mol. The van der Waals surface area contributed by atoms with Gasteiger partial charge in [0.15, 0.2) is 0 Å². The third-order valence-electron chi connectivity index (χ3n) is 3.96. The molecule has 1 radical (unpaired) electrons. The van der Waals surface area contributed by atoms with Crippen molar-refractivity contribution in [1.29, 1.82) is 0 Å². The summed E-state index contributed by atoms with van der Waals surface area (Å²) in [6, 6.07) is 21.2. The van der Waals surface area contributed by atoms with Crippen LogP contribution in [0.3, 0.4) is 0 Å². The van der Waals surface area contributed by atoms with E-state index in [0.29, 0.717) is 0 Å². The number of fused-ring (bicyclic) bond motifs is 1. The molecular formula is C22H21O. The van der Waals surface area contributed by atoms with Gasteiger partial charge in [0.2, 0.25) is 0 Å². The Morgan fingerprint density at radius 1 is 0.913 bits per heavy atom. The molecule has 0 unspecified atom stereocenters. The van der Waals surface area contributed by atoms with Crippen LogP contribution in [0.15, 0.2) is 60.7 Å². The van der Waals surface area contributed by atoms with Crippen molar-refractivity contribution in [3.63, 3.8) is 0 Å². The second-order valence-electron chi connectivity index (χ2n) is 5.60. The average Bonchev–Trinajstić information content (AvgIpc) is 2.60. The van der Waals surface area contributed by atoms with Crippen LogP contribution in [-0.4, -0.2) is 7.11 Å². The molecule has 0 heterocycles. The summed E-state index contributed by atoms with van der Waals surface area (Å²) < 4.78 is 5.65. The van der Waals surface area contributed by atoms with Gasteiger partial charge >= 0.3 is 0 Å². The lowest BCUT2D eigenvalue weighted by Gasteiger charge is -2.09. The summed E-state index contributed by atoms with van der Waals surface area (Å²) in [5, 5.41) is 2.34. The Hall–Kier alpha value is -2.54. The second-order valence-corrected chi connectivity index (χ2v) is 5.60. The molecule has 0 saturated carbocycles. The first-order valence-corrected chi connectivity index (χ1v) is 7.92. The molecule has 1 heteroatoms. The summed E-state index contributed by atoms with van der Waals surface area (Å²) in [6.07, 6.45) is 7.45. The van der Waals surface area contributed by atoms with E-state index in [0.717, 1.165) is 23.1 Å². The van der Waals surface area contributed by atoms with Crippen LogP contribution in [0.1, 0.15) is 23.6 Å². The highest BCUT2D eigenvalue weighted by atomic mass is 16.5. The minimum absolute atomic E-state index is 0.928. The zero-order valence-corrected chi connectivity index (χ0v) is 13.6. The van der Waals surface area contributed by atoms with Crippen LogP contribution in [0.4, 0.5) is 0 Å². The van der Waals surface area contributed by atoms with Gasteiger partial charge in [0.1, 0.15) is 5.75 Å². The van der Waals surface area contributed by atoms with E-state index in [1.807, 2.05) is 12.1 Å². The summed E-state index contributed by atoms with van der Waals surface area (Å²) in [6.45, 7) is 2.09. The van der Waals surface area contributed by atoms with Gasteiger partial charge in [-0.15, -0.1) is 0 Å². The second kappa shape index (κ2) is 7.15. The third kappa shape index (κ3) is 3.45. The highest BCUT2D eigenvalue weighted by Crippen LogP contribution is 2.30. The lowest BCUT2D eigenvalue weighted by atomic mass is 10.0. The Kier molecular flexibility index (Phi) is 4.77. The topological polar surface area (TPSA) is 9.23 Å². The van der Waals surface area contributed by atoms with Crippen molar-refractivity contribution in [1.82, 2.24) is 0 Å². The van der Waals surface area contributed by atoms with Crippen LogP contribution < -0.4 is 4.74 Å². The van der Waals surface area contributed by atoms with E-state index >= 15 is 0 Å². The molecule has 0 spiro atoms. The molecule has 115 valence electrons. The quantitative estimate of drug-likeness (QED) is 0.542. The molecule has 3 aromatic rings. The molecule has 3 aromatic carbocycles. The standard InChI is InChI=1S/C22H21O/c1-3-7-17-8-6-9-18(16-17)12-13-20-15-14-19-10-4-5-11-21(19)22(20)23-2/h3-6,8-16H,7H2,1-2H3/b13-12-. The molecule has 0 saturated heterocycles. The molecule has 0 bridgehead atoms. The maximum Gasteiger partial charge on any atom is 0.133 e. The predicted octanol–water partition coefficient (Wildman–Crippen LogP) is 5.79. The average molecular weight is 301 g/mol. The number of methoxy groups -OCH3 is 1. The fraction of sp³-hybridized carbons (Fsp3) is 0.136. The zero-order valence-electron chi connectivity index (χ0n) is 13.6. The fourth-order valence-electron chi connectivity index (χ4n) is 2.86. The van der Waals surface area contributed by atoms with Crippen LogP contribution in [-0.2, 0) is 6.42 Å². The summed E-state index contributed by atoms with van der Waals surface area (Å²) >= 11 is 0. The van der Waals surface area contributed by atoms with E-state index in [2.05, 4.69) is 74.0 Å². The van der Waals surface area contributed by atoms with E-state index in [9.17, 15) is 0 Å². The lowest BCUT2D eigenvalue weighted by Crippen LogP contribution is -1.89. The van der Waals surface area contributed by atoms with Crippen molar-refractivity contribution in [2.45, 2.75) is 13.3 Å². The van der Waals surface area contributed by atoms with Gasteiger partial charge in [0.05, 0.1) is 7.11 Å². The van der Waals surface area contributed by atoms with E-state index < -0.39 is 0 Å². The van der Waals surface area contributed by atoms with Gasteiger partial charge in [-0.05, 0) is 29.4 Å². The Labute approximate surface area is 138 Å². The molecule has 3 rings (SSSR count). The van der Waals surface area contributed by atoms with Gasteiger partial charge in [0, 0.05) is 10.9 Å². The Balaban J connectivity index is 1.96. The molecule has 0 N–H and O–H groups in total. The SMILES string of the molecule is C[CH]Cc1cccc(/C=C\c2ccc3ccccc3c2OC)c1. The van der Waals surface area contributed by atoms with Gasteiger partial charge in [-0.3, -0.25) is 0 Å². The fourth-order valence-corrected chi connectivity index (χ4v) is 2.86. The first-order chi connectivity index (χ1) is 11.3. The Morgan fingerprint density at radius 2 is 1.78 bits per heavy atom. The van der Waals surface area contributed by atoms with Crippen LogP contribution in [0.2, 0.25) is 0 Å². The van der Waals surface area contributed by atoms with Crippen LogP contribution >= 0.6 is 0 Å². The number of benzene rings is 3. The summed E-state index contributed by atoms with van der Waals surface area (Å²) in [4.78, 5) is 0. The minimum atomic E-state index is 0.928. The first-order valence-electron chi connectivity index (χ1n) is 7.92. The molecule has 0 amide bonds. The zero-order chi connectivity index (χ0) is 16.1.